The second-order valence-electron chi connectivity index (χ2n) is 8.33. The van der Waals surface area contributed by atoms with Crippen molar-refractivity contribution in [2.24, 2.45) is 0 Å². The zero-order valence-electron chi connectivity index (χ0n) is 19.1. The van der Waals surface area contributed by atoms with E-state index in [1.165, 1.54) is 22.2 Å². The number of nitrogens with zero attached hydrogens (tertiary/aromatic N) is 3. The van der Waals surface area contributed by atoms with Crippen LogP contribution in [0.25, 0.3) is 20.7 Å². The number of hydrogen-bond donors (Lipinski definition) is 0. The molecule has 0 saturated heterocycles. The maximum Gasteiger partial charge on any atom is 0.271 e. The molecule has 2 heterocycles. The summed E-state index contributed by atoms with van der Waals surface area (Å²) in [6, 6.07) is 17.5. The summed E-state index contributed by atoms with van der Waals surface area (Å²) in [7, 11) is 3.26. The van der Waals surface area contributed by atoms with Crippen molar-refractivity contribution in [3.63, 3.8) is 0 Å². The number of carbonyl (C=O) groups excluding carboxylic acids is 1. The Morgan fingerprint density at radius 1 is 1.06 bits per heavy atom. The zero-order valence-corrected chi connectivity index (χ0v) is 19.9. The van der Waals surface area contributed by atoms with Gasteiger partial charge in [0.05, 0.1) is 26.1 Å². The second kappa shape index (κ2) is 9.30. The minimum absolute atomic E-state index is 0.0236. The number of amides is 1. The second-order valence-corrected chi connectivity index (χ2v) is 9.38. The van der Waals surface area contributed by atoms with Gasteiger partial charge in [-0.15, -0.1) is 11.3 Å². The lowest BCUT2D eigenvalue weighted by Crippen LogP contribution is -2.37. The molecule has 0 unspecified atom stereocenters. The number of fused-ring (bicyclic) bond motifs is 1. The Kier molecular flexibility index (Phi) is 6.06. The van der Waals surface area contributed by atoms with Gasteiger partial charge in [0.25, 0.3) is 5.56 Å². The van der Waals surface area contributed by atoms with Crippen molar-refractivity contribution < 1.29 is 14.3 Å². The molecule has 34 heavy (non-hydrogen) atoms. The molecule has 8 heteroatoms. The van der Waals surface area contributed by atoms with Crippen LogP contribution < -0.4 is 15.0 Å². The van der Waals surface area contributed by atoms with E-state index in [0.29, 0.717) is 16.8 Å². The highest BCUT2D eigenvalue weighted by Crippen LogP contribution is 2.32. The van der Waals surface area contributed by atoms with Crippen molar-refractivity contribution in [3.05, 3.63) is 76.8 Å². The van der Waals surface area contributed by atoms with E-state index in [1.54, 1.807) is 14.2 Å². The number of rotatable bonds is 8. The molecule has 1 amide bonds. The Morgan fingerprint density at radius 2 is 1.71 bits per heavy atom. The van der Waals surface area contributed by atoms with Crippen LogP contribution in [0.4, 0.5) is 0 Å². The van der Waals surface area contributed by atoms with Gasteiger partial charge >= 0.3 is 0 Å². The smallest absolute Gasteiger partial charge is 0.271 e. The fourth-order valence-electron chi connectivity index (χ4n) is 3.93. The van der Waals surface area contributed by atoms with E-state index in [-0.39, 0.29) is 24.1 Å². The summed E-state index contributed by atoms with van der Waals surface area (Å²) in [5.74, 6) is 1.48. The zero-order chi connectivity index (χ0) is 23.7. The SMILES string of the molecule is COc1ccc(CN(C(=O)Cn2cnc3cc(-c4ccc(OC)cc4)sc3c2=O)C2CC2)cc1. The van der Waals surface area contributed by atoms with Crippen LogP contribution in [0.1, 0.15) is 18.4 Å². The summed E-state index contributed by atoms with van der Waals surface area (Å²) >= 11 is 1.39. The average molecular weight is 476 g/mol. The van der Waals surface area contributed by atoms with E-state index >= 15 is 0 Å². The highest BCUT2D eigenvalue weighted by Gasteiger charge is 2.32. The molecule has 0 bridgehead atoms. The molecule has 0 N–H and O–H groups in total. The lowest BCUT2D eigenvalue weighted by atomic mass is 10.2. The third-order valence-corrected chi connectivity index (χ3v) is 7.17. The molecule has 1 aliphatic rings. The molecule has 4 aromatic rings. The fourth-order valence-corrected chi connectivity index (χ4v) is 4.99. The van der Waals surface area contributed by atoms with E-state index in [4.69, 9.17) is 9.47 Å². The van der Waals surface area contributed by atoms with Crippen molar-refractivity contribution in [2.75, 3.05) is 14.2 Å². The van der Waals surface area contributed by atoms with Crippen LogP contribution in [0.3, 0.4) is 0 Å². The molecule has 0 radical (unpaired) electrons. The van der Waals surface area contributed by atoms with Gasteiger partial charge in [0.15, 0.2) is 0 Å². The van der Waals surface area contributed by atoms with Crippen LogP contribution in [-0.4, -0.2) is 40.6 Å². The predicted molar refractivity (Wildman–Crippen MR) is 132 cm³/mol. The van der Waals surface area contributed by atoms with Gasteiger partial charge in [-0.25, -0.2) is 4.98 Å². The molecular weight excluding hydrogens is 450 g/mol. The van der Waals surface area contributed by atoms with E-state index in [0.717, 1.165) is 40.3 Å². The van der Waals surface area contributed by atoms with E-state index in [9.17, 15) is 9.59 Å². The predicted octanol–water partition coefficient (Wildman–Crippen LogP) is 4.33. The number of methoxy groups -OCH3 is 2. The first-order valence-electron chi connectivity index (χ1n) is 11.1. The first-order valence-corrected chi connectivity index (χ1v) is 11.9. The van der Waals surface area contributed by atoms with Crippen LogP contribution in [0.5, 0.6) is 11.5 Å². The van der Waals surface area contributed by atoms with Crippen LogP contribution in [0, 0.1) is 0 Å². The molecule has 1 saturated carbocycles. The highest BCUT2D eigenvalue weighted by molar-refractivity contribution is 7.22. The van der Waals surface area contributed by atoms with Crippen molar-refractivity contribution >= 4 is 27.5 Å². The molecule has 0 spiro atoms. The summed E-state index contributed by atoms with van der Waals surface area (Å²) in [5, 5.41) is 0. The van der Waals surface area contributed by atoms with Gasteiger partial charge in [-0.2, -0.15) is 0 Å². The fraction of sp³-hybridized carbons (Fsp3) is 0.269. The summed E-state index contributed by atoms with van der Waals surface area (Å²) < 4.78 is 12.4. The van der Waals surface area contributed by atoms with Crippen molar-refractivity contribution in [3.8, 4) is 21.9 Å². The number of aromatic nitrogens is 2. The molecule has 5 rings (SSSR count). The van der Waals surface area contributed by atoms with Crippen molar-refractivity contribution in [1.29, 1.82) is 0 Å². The molecule has 174 valence electrons. The Morgan fingerprint density at radius 3 is 2.32 bits per heavy atom. The molecule has 7 nitrogen and oxygen atoms in total. The molecule has 0 aliphatic heterocycles. The lowest BCUT2D eigenvalue weighted by molar-refractivity contribution is -0.133. The summed E-state index contributed by atoms with van der Waals surface area (Å²) in [6.07, 6.45) is 3.46. The Hall–Kier alpha value is -3.65. The molecule has 1 aliphatic carbocycles. The minimum Gasteiger partial charge on any atom is -0.497 e. The van der Waals surface area contributed by atoms with Crippen LogP contribution in [0.2, 0.25) is 0 Å². The molecule has 0 atom stereocenters. The third kappa shape index (κ3) is 4.54. The molecular formula is C26H25N3O4S. The largest absolute Gasteiger partial charge is 0.497 e. The lowest BCUT2D eigenvalue weighted by Gasteiger charge is -2.23. The van der Waals surface area contributed by atoms with Crippen LogP contribution >= 0.6 is 11.3 Å². The highest BCUT2D eigenvalue weighted by atomic mass is 32.1. The van der Waals surface area contributed by atoms with Crippen molar-refractivity contribution in [1.82, 2.24) is 14.5 Å². The van der Waals surface area contributed by atoms with Gasteiger partial charge in [-0.1, -0.05) is 12.1 Å². The normalized spacial score (nSPS) is 13.1. The Bertz CT molecular complexity index is 1370. The number of benzene rings is 2. The van der Waals surface area contributed by atoms with E-state index < -0.39 is 0 Å². The number of thiophene rings is 1. The summed E-state index contributed by atoms with van der Waals surface area (Å²) in [5.41, 5.74) is 2.47. The molecule has 1 fully saturated rings. The van der Waals surface area contributed by atoms with Gasteiger partial charge in [-0.3, -0.25) is 14.2 Å². The Balaban J connectivity index is 1.36. The number of hydrogen-bond acceptors (Lipinski definition) is 6. The first kappa shape index (κ1) is 22.2. The third-order valence-electron chi connectivity index (χ3n) is 6.00. The van der Waals surface area contributed by atoms with Gasteiger partial charge in [-0.05, 0) is 66.4 Å². The topological polar surface area (TPSA) is 73.7 Å². The molecule has 2 aromatic heterocycles. The average Bonchev–Trinajstić information content (AvgIpc) is 3.62. The summed E-state index contributed by atoms with van der Waals surface area (Å²) in [4.78, 5) is 33.7. The van der Waals surface area contributed by atoms with Crippen LogP contribution in [0.15, 0.2) is 65.7 Å². The van der Waals surface area contributed by atoms with E-state index in [1.807, 2.05) is 59.5 Å². The standard InChI is InChI=1S/C26H25N3O4S/c1-32-20-9-3-17(4-10-20)14-29(19-7-8-19)24(30)15-28-16-27-22-13-23(34-25(22)26(28)31)18-5-11-21(33-2)12-6-18/h3-6,9-13,16,19H,7-8,14-15H2,1-2H3. The van der Waals surface area contributed by atoms with Gasteiger partial charge in [0, 0.05) is 17.5 Å². The van der Waals surface area contributed by atoms with Crippen LogP contribution in [-0.2, 0) is 17.9 Å². The monoisotopic (exact) mass is 475 g/mol. The number of ether oxygens (including phenoxy) is 2. The first-order chi connectivity index (χ1) is 16.6. The summed E-state index contributed by atoms with van der Waals surface area (Å²) in [6.45, 7) is 0.489. The van der Waals surface area contributed by atoms with Gasteiger partial charge in [0.2, 0.25) is 5.91 Å². The maximum atomic E-state index is 13.2. The quantitative estimate of drug-likeness (QED) is 0.379. The minimum atomic E-state index is -0.191. The maximum absolute atomic E-state index is 13.2. The van der Waals surface area contributed by atoms with Crippen molar-refractivity contribution in [2.45, 2.75) is 32.0 Å². The molecule has 2 aromatic carbocycles. The van der Waals surface area contributed by atoms with Gasteiger partial charge < -0.3 is 14.4 Å². The number of carbonyl (C=O) groups is 1. The van der Waals surface area contributed by atoms with E-state index in [2.05, 4.69) is 4.98 Å². The van der Waals surface area contributed by atoms with Gasteiger partial charge in [0.1, 0.15) is 22.7 Å². The Labute approximate surface area is 201 Å².